The molecule has 0 spiro atoms. The van der Waals surface area contributed by atoms with Gasteiger partial charge in [0.15, 0.2) is 11.6 Å². The lowest BCUT2D eigenvalue weighted by atomic mass is 9.44. The largest absolute Gasteiger partial charge is 0.507 e. The molecule has 2 fully saturated rings. The number of hydrogen-bond donors (Lipinski definition) is 1. The van der Waals surface area contributed by atoms with Crippen molar-refractivity contribution in [3.63, 3.8) is 0 Å². The molecule has 4 aliphatic rings. The number of nitrogens with zero attached hydrogens (tertiary/aromatic N) is 1. The van der Waals surface area contributed by atoms with Crippen LogP contribution in [0, 0.1) is 37.5 Å². The molecule has 0 bridgehead atoms. The molecule has 7 heteroatoms. The second-order valence-corrected chi connectivity index (χ2v) is 14.2. The first-order valence-electron chi connectivity index (χ1n) is 16.7. The third kappa shape index (κ3) is 4.54. The second-order valence-electron chi connectivity index (χ2n) is 13.8. The molecule has 6 atom stereocenters. The maximum atomic E-state index is 15.1. The van der Waals surface area contributed by atoms with Gasteiger partial charge >= 0.3 is 0 Å². The summed E-state index contributed by atoms with van der Waals surface area (Å²) >= 11 is 6.14. The van der Waals surface area contributed by atoms with Gasteiger partial charge in [-0.3, -0.25) is 24.1 Å². The normalized spacial score (nSPS) is 27.7. The first kappa shape index (κ1) is 31.2. The van der Waals surface area contributed by atoms with E-state index in [1.165, 1.54) is 11.0 Å². The van der Waals surface area contributed by atoms with Crippen LogP contribution in [-0.4, -0.2) is 28.5 Å². The molecule has 1 aliphatic heterocycles. The van der Waals surface area contributed by atoms with Crippen molar-refractivity contribution in [3.05, 3.63) is 148 Å². The standard InChI is InChI=1S/C42H34ClNO5/c1-23-19-26(20-24(2)38(23)46)37-30-17-18-31-36(41(49)44(40(31)48)29-15-13-28(43)14-16-29)33(30)21-34-39(47)32(25-9-5-3-6-10-25)22-35(45)42(34,37)27-11-7-4-8-12-27/h3-17,19-20,22,31,33-34,36-37,46H,18,21H2,1-2H3/t31-,33+,34-,36-,37-,42-/m0/s1. The molecule has 6 nitrogen and oxygen atoms in total. The van der Waals surface area contributed by atoms with Crippen molar-refractivity contribution in [1.29, 1.82) is 0 Å². The van der Waals surface area contributed by atoms with Crippen LogP contribution in [0.4, 0.5) is 5.69 Å². The van der Waals surface area contributed by atoms with E-state index in [2.05, 4.69) is 6.08 Å². The van der Waals surface area contributed by atoms with Gasteiger partial charge in [-0.05, 0) is 90.8 Å². The van der Waals surface area contributed by atoms with E-state index in [1.807, 2.05) is 86.6 Å². The Kier molecular flexibility index (Phi) is 7.34. The average Bonchev–Trinajstić information content (AvgIpc) is 3.37. The van der Waals surface area contributed by atoms with Gasteiger partial charge in [-0.25, -0.2) is 0 Å². The molecule has 3 aliphatic carbocycles. The van der Waals surface area contributed by atoms with Gasteiger partial charge in [-0.2, -0.15) is 0 Å². The molecule has 4 aromatic rings. The summed E-state index contributed by atoms with van der Waals surface area (Å²) in [5.74, 6) is -3.94. The first-order chi connectivity index (χ1) is 23.6. The number of benzene rings is 4. The summed E-state index contributed by atoms with van der Waals surface area (Å²) in [6, 6.07) is 29.2. The molecule has 4 aromatic carbocycles. The van der Waals surface area contributed by atoms with Gasteiger partial charge in [0.2, 0.25) is 11.8 Å². The third-order valence-corrected chi connectivity index (χ3v) is 11.6. The highest BCUT2D eigenvalue weighted by Crippen LogP contribution is 2.64. The number of fused-ring (bicyclic) bond motifs is 4. The number of allylic oxidation sites excluding steroid dienone is 4. The van der Waals surface area contributed by atoms with E-state index >= 15 is 9.59 Å². The monoisotopic (exact) mass is 667 g/mol. The number of ketones is 2. The van der Waals surface area contributed by atoms with Crippen LogP contribution in [0.5, 0.6) is 5.75 Å². The third-order valence-electron chi connectivity index (χ3n) is 11.3. The molecule has 1 heterocycles. The maximum absolute atomic E-state index is 15.1. The predicted octanol–water partition coefficient (Wildman–Crippen LogP) is 7.69. The highest BCUT2D eigenvalue weighted by Gasteiger charge is 2.66. The smallest absolute Gasteiger partial charge is 0.238 e. The Morgan fingerprint density at radius 2 is 1.43 bits per heavy atom. The van der Waals surface area contributed by atoms with Gasteiger partial charge in [-0.1, -0.05) is 96.0 Å². The van der Waals surface area contributed by atoms with Gasteiger partial charge in [0.1, 0.15) is 5.75 Å². The summed E-state index contributed by atoms with van der Waals surface area (Å²) in [5.41, 5.74) is 3.89. The minimum Gasteiger partial charge on any atom is -0.507 e. The molecule has 1 N–H and O–H groups in total. The Labute approximate surface area is 289 Å². The van der Waals surface area contributed by atoms with Crippen LogP contribution >= 0.6 is 11.6 Å². The van der Waals surface area contributed by atoms with E-state index in [1.54, 1.807) is 24.3 Å². The zero-order valence-corrected chi connectivity index (χ0v) is 27.9. The molecule has 2 amide bonds. The van der Waals surface area contributed by atoms with E-state index in [0.29, 0.717) is 39.4 Å². The lowest BCUT2D eigenvalue weighted by Crippen LogP contribution is -2.58. The lowest BCUT2D eigenvalue weighted by molar-refractivity contribution is -0.135. The molecule has 1 saturated carbocycles. The molecule has 8 rings (SSSR count). The van der Waals surface area contributed by atoms with Gasteiger partial charge in [-0.15, -0.1) is 0 Å². The molecular formula is C42H34ClNO5. The number of carbonyl (C=O) groups is 4. The van der Waals surface area contributed by atoms with Crippen molar-refractivity contribution in [1.82, 2.24) is 0 Å². The highest BCUT2D eigenvalue weighted by atomic mass is 35.5. The number of aryl methyl sites for hydroxylation is 2. The van der Waals surface area contributed by atoms with Crippen LogP contribution in [0.3, 0.4) is 0 Å². The molecule has 1 saturated heterocycles. The Morgan fingerprint density at radius 1 is 0.796 bits per heavy atom. The van der Waals surface area contributed by atoms with Crippen molar-refractivity contribution in [2.45, 2.75) is 38.0 Å². The van der Waals surface area contributed by atoms with E-state index in [0.717, 1.165) is 16.7 Å². The quantitative estimate of drug-likeness (QED) is 0.178. The SMILES string of the molecule is Cc1cc([C@H]2C3=CC[C@@H]4C(=O)N(c5ccc(Cl)cc5)C(=O)[C@@H]4[C@@H]3C[C@H]3C(=O)C(c4ccccc4)=CC(=O)[C@@]23c2ccccc2)cc(C)c1O. The Bertz CT molecular complexity index is 2100. The summed E-state index contributed by atoms with van der Waals surface area (Å²) in [6.07, 6.45) is 4.14. The number of amides is 2. The number of halogens is 1. The van der Waals surface area contributed by atoms with E-state index in [-0.39, 0.29) is 35.6 Å². The van der Waals surface area contributed by atoms with E-state index in [9.17, 15) is 14.7 Å². The fourth-order valence-electron chi connectivity index (χ4n) is 9.25. The Balaban J connectivity index is 1.37. The van der Waals surface area contributed by atoms with Crippen LogP contribution in [0.2, 0.25) is 5.02 Å². The summed E-state index contributed by atoms with van der Waals surface area (Å²) in [6.45, 7) is 3.66. The maximum Gasteiger partial charge on any atom is 0.238 e. The topological polar surface area (TPSA) is 91.8 Å². The minimum absolute atomic E-state index is 0.153. The number of carbonyl (C=O) groups excluding carboxylic acids is 4. The number of phenols is 1. The van der Waals surface area contributed by atoms with Crippen LogP contribution in [0.15, 0.2) is 115 Å². The average molecular weight is 668 g/mol. The van der Waals surface area contributed by atoms with Crippen molar-refractivity contribution in [2.75, 3.05) is 4.90 Å². The molecule has 49 heavy (non-hydrogen) atoms. The van der Waals surface area contributed by atoms with Crippen LogP contribution in [0.25, 0.3) is 5.57 Å². The number of Topliss-reactive ketones (excluding diaryl/α,β-unsaturated/α-hetero) is 1. The molecule has 0 aromatic heterocycles. The van der Waals surface area contributed by atoms with Crippen molar-refractivity contribution < 1.29 is 24.3 Å². The lowest BCUT2D eigenvalue weighted by Gasteiger charge is -2.55. The van der Waals surface area contributed by atoms with Crippen molar-refractivity contribution in [2.24, 2.45) is 23.7 Å². The molecule has 0 unspecified atom stereocenters. The number of phenolic OH excluding ortho intramolecular Hbond substituents is 1. The summed E-state index contributed by atoms with van der Waals surface area (Å²) in [4.78, 5) is 59.9. The van der Waals surface area contributed by atoms with E-state index < -0.39 is 35.0 Å². The fraction of sp³-hybridized carbons (Fsp3) is 0.238. The summed E-state index contributed by atoms with van der Waals surface area (Å²) in [7, 11) is 0. The molecular weight excluding hydrogens is 634 g/mol. The second kappa shape index (κ2) is 11.5. The minimum atomic E-state index is -1.32. The Hall–Kier alpha value is -5.07. The number of anilines is 1. The summed E-state index contributed by atoms with van der Waals surface area (Å²) in [5, 5.41) is 11.3. The van der Waals surface area contributed by atoms with Crippen LogP contribution < -0.4 is 4.90 Å². The predicted molar refractivity (Wildman–Crippen MR) is 188 cm³/mol. The molecule has 0 radical (unpaired) electrons. The van der Waals surface area contributed by atoms with Crippen LogP contribution in [-0.2, 0) is 24.6 Å². The number of imide groups is 1. The Morgan fingerprint density at radius 3 is 2.08 bits per heavy atom. The molecule has 244 valence electrons. The zero-order chi connectivity index (χ0) is 34.2. The van der Waals surface area contributed by atoms with Crippen molar-refractivity contribution in [3.8, 4) is 5.75 Å². The van der Waals surface area contributed by atoms with Gasteiger partial charge in [0.25, 0.3) is 0 Å². The van der Waals surface area contributed by atoms with Crippen LogP contribution in [0.1, 0.15) is 46.6 Å². The first-order valence-corrected chi connectivity index (χ1v) is 17.1. The summed E-state index contributed by atoms with van der Waals surface area (Å²) < 4.78 is 0. The van der Waals surface area contributed by atoms with Gasteiger partial charge < -0.3 is 5.11 Å². The van der Waals surface area contributed by atoms with E-state index in [4.69, 9.17) is 11.6 Å². The number of hydrogen-bond acceptors (Lipinski definition) is 5. The number of rotatable bonds is 4. The fourth-order valence-corrected chi connectivity index (χ4v) is 9.38. The van der Waals surface area contributed by atoms with Gasteiger partial charge in [0.05, 0.1) is 22.9 Å². The number of aromatic hydroxyl groups is 1. The van der Waals surface area contributed by atoms with Gasteiger partial charge in [0, 0.05) is 22.4 Å². The highest BCUT2D eigenvalue weighted by molar-refractivity contribution is 6.32. The zero-order valence-electron chi connectivity index (χ0n) is 27.1. The van der Waals surface area contributed by atoms with Crippen molar-refractivity contribution >= 4 is 46.2 Å².